The van der Waals surface area contributed by atoms with Crippen LogP contribution in [0.15, 0.2) is 58.1 Å². The average Bonchev–Trinajstić information content (AvgIpc) is 3.51. The topological polar surface area (TPSA) is 98.0 Å². The Labute approximate surface area is 209 Å². The van der Waals surface area contributed by atoms with Gasteiger partial charge in [0, 0.05) is 37.7 Å². The lowest BCUT2D eigenvalue weighted by atomic mass is 9.84. The Kier molecular flexibility index (Phi) is 5.77. The number of piperazine rings is 1. The van der Waals surface area contributed by atoms with Gasteiger partial charge in [0.05, 0.1) is 12.3 Å². The van der Waals surface area contributed by atoms with E-state index in [0.717, 1.165) is 48.8 Å². The number of aromatic nitrogens is 4. The van der Waals surface area contributed by atoms with Crippen LogP contribution >= 0.6 is 0 Å². The summed E-state index contributed by atoms with van der Waals surface area (Å²) in [4.78, 5) is 22.6. The highest BCUT2D eigenvalue weighted by atomic mass is 16.7. The molecule has 2 aromatic rings. The van der Waals surface area contributed by atoms with Gasteiger partial charge in [-0.05, 0) is 54.6 Å². The minimum absolute atomic E-state index is 0.0316. The van der Waals surface area contributed by atoms with Crippen LogP contribution in [-0.2, 0) is 11.3 Å². The van der Waals surface area contributed by atoms with E-state index in [9.17, 15) is 4.79 Å². The molecule has 2 atom stereocenters. The standard InChI is InChI=1S/C26H29N7O3/c1-16-10-17(2)23-19(11-16)13-20(26(34)27-23)24(32-8-6-31(3)7-9-32)25-28-29-30-33(25)14-18-4-5-21-22(12-18)36-15-35-21/h4-5,10-13,19,24H,6-9,14-15H2,1-3H3/t19?,24-/m0/s1. The van der Waals surface area contributed by atoms with E-state index in [0.29, 0.717) is 23.7 Å². The molecule has 0 N–H and O–H groups in total. The predicted molar refractivity (Wildman–Crippen MR) is 133 cm³/mol. The van der Waals surface area contributed by atoms with Gasteiger partial charge < -0.3 is 14.4 Å². The van der Waals surface area contributed by atoms with Gasteiger partial charge in [-0.2, -0.15) is 0 Å². The Morgan fingerprint density at radius 1 is 1.08 bits per heavy atom. The summed E-state index contributed by atoms with van der Waals surface area (Å²) >= 11 is 0. The molecule has 186 valence electrons. The highest BCUT2D eigenvalue weighted by Gasteiger charge is 2.38. The number of allylic oxidation sites excluding steroid dienone is 5. The number of aliphatic imine (C=N–C) groups is 1. The zero-order chi connectivity index (χ0) is 24.8. The lowest BCUT2D eigenvalue weighted by molar-refractivity contribution is -0.115. The van der Waals surface area contributed by atoms with E-state index in [1.165, 1.54) is 5.57 Å². The first-order valence-corrected chi connectivity index (χ1v) is 12.2. The summed E-state index contributed by atoms with van der Waals surface area (Å²) in [7, 11) is 2.11. The van der Waals surface area contributed by atoms with E-state index >= 15 is 0 Å². The van der Waals surface area contributed by atoms with Gasteiger partial charge in [-0.25, -0.2) is 9.67 Å². The lowest BCUT2D eigenvalue weighted by Crippen LogP contribution is -2.48. The van der Waals surface area contributed by atoms with Crippen LogP contribution < -0.4 is 9.47 Å². The largest absolute Gasteiger partial charge is 0.454 e. The number of ether oxygens (including phenoxy) is 2. The normalized spacial score (nSPS) is 23.0. The average molecular weight is 488 g/mol. The van der Waals surface area contributed by atoms with Gasteiger partial charge in [-0.1, -0.05) is 29.9 Å². The minimum atomic E-state index is -0.388. The first-order valence-electron chi connectivity index (χ1n) is 12.2. The molecule has 36 heavy (non-hydrogen) atoms. The summed E-state index contributed by atoms with van der Waals surface area (Å²) in [5, 5.41) is 12.8. The van der Waals surface area contributed by atoms with Gasteiger partial charge in [0.15, 0.2) is 17.3 Å². The van der Waals surface area contributed by atoms with E-state index in [1.807, 2.05) is 25.1 Å². The molecular weight excluding hydrogens is 458 g/mol. The molecule has 4 aliphatic rings. The third-order valence-electron chi connectivity index (χ3n) is 7.21. The molecule has 1 aromatic carbocycles. The quantitative estimate of drug-likeness (QED) is 0.633. The predicted octanol–water partition coefficient (Wildman–Crippen LogP) is 2.17. The molecular formula is C26H29N7O3. The van der Waals surface area contributed by atoms with E-state index in [4.69, 9.17) is 9.47 Å². The second-order valence-corrected chi connectivity index (χ2v) is 9.81. The smallest absolute Gasteiger partial charge is 0.274 e. The van der Waals surface area contributed by atoms with Crippen molar-refractivity contribution >= 4 is 11.6 Å². The molecule has 0 spiro atoms. The molecule has 6 rings (SSSR count). The Morgan fingerprint density at radius 2 is 1.89 bits per heavy atom. The number of carbonyl (C=O) groups is 1. The van der Waals surface area contributed by atoms with Crippen LogP contribution in [0.1, 0.15) is 31.3 Å². The third-order valence-corrected chi connectivity index (χ3v) is 7.21. The molecule has 1 amide bonds. The third kappa shape index (κ3) is 4.16. The Bertz CT molecular complexity index is 1330. The number of likely N-dealkylation sites (N-methyl/N-ethyl adjacent to an activating group) is 1. The van der Waals surface area contributed by atoms with Crippen molar-refractivity contribution in [3.05, 3.63) is 64.5 Å². The SMILES string of the molecule is CC1=CC2C=C([C@@H](c3nnnn3Cc3ccc4c(c3)OCO4)N3CCN(C)CC3)C(=O)N=C2C(C)=C1. The van der Waals surface area contributed by atoms with Crippen LogP contribution in [-0.4, -0.2) is 81.6 Å². The first kappa shape index (κ1) is 22.8. The van der Waals surface area contributed by atoms with Gasteiger partial charge in [0.2, 0.25) is 6.79 Å². The van der Waals surface area contributed by atoms with Gasteiger partial charge in [0.1, 0.15) is 6.04 Å². The van der Waals surface area contributed by atoms with Gasteiger partial charge in [0.25, 0.3) is 5.91 Å². The van der Waals surface area contributed by atoms with E-state index < -0.39 is 0 Å². The zero-order valence-corrected chi connectivity index (χ0v) is 20.7. The van der Waals surface area contributed by atoms with Crippen LogP contribution in [0.3, 0.4) is 0 Å². The summed E-state index contributed by atoms with van der Waals surface area (Å²) in [6, 6.07) is 5.44. The van der Waals surface area contributed by atoms with Crippen molar-refractivity contribution in [1.29, 1.82) is 0 Å². The summed E-state index contributed by atoms with van der Waals surface area (Å²) in [5.41, 5.74) is 4.65. The van der Waals surface area contributed by atoms with Crippen molar-refractivity contribution < 1.29 is 14.3 Å². The molecule has 1 fully saturated rings. The Hall–Kier alpha value is -3.63. The second-order valence-electron chi connectivity index (χ2n) is 9.81. The number of rotatable bonds is 5. The highest BCUT2D eigenvalue weighted by molar-refractivity contribution is 6.16. The van der Waals surface area contributed by atoms with Crippen LogP contribution in [0.25, 0.3) is 0 Å². The molecule has 0 radical (unpaired) electrons. The molecule has 1 aromatic heterocycles. The van der Waals surface area contributed by atoms with Crippen LogP contribution in [0.2, 0.25) is 0 Å². The minimum Gasteiger partial charge on any atom is -0.454 e. The fraction of sp³-hybridized carbons (Fsp3) is 0.423. The summed E-state index contributed by atoms with van der Waals surface area (Å²) in [6.07, 6.45) is 6.30. The number of benzene rings is 1. The van der Waals surface area contributed by atoms with E-state index in [1.54, 1.807) is 4.68 Å². The monoisotopic (exact) mass is 487 g/mol. The molecule has 1 aliphatic carbocycles. The maximum Gasteiger partial charge on any atom is 0.274 e. The molecule has 3 aliphatic heterocycles. The number of hydrogen-bond acceptors (Lipinski definition) is 8. The maximum absolute atomic E-state index is 13.5. The van der Waals surface area contributed by atoms with Crippen molar-refractivity contribution in [1.82, 2.24) is 30.0 Å². The number of fused-ring (bicyclic) bond motifs is 2. The number of nitrogens with zero attached hydrogens (tertiary/aromatic N) is 7. The fourth-order valence-electron chi connectivity index (χ4n) is 5.34. The lowest BCUT2D eigenvalue weighted by Gasteiger charge is -2.38. The van der Waals surface area contributed by atoms with Crippen molar-refractivity contribution in [2.24, 2.45) is 10.9 Å². The highest BCUT2D eigenvalue weighted by Crippen LogP contribution is 2.36. The number of carbonyl (C=O) groups excluding carboxylic acids is 1. The summed E-state index contributed by atoms with van der Waals surface area (Å²) < 4.78 is 12.8. The number of dihydropyridines is 1. The number of hydrogen-bond donors (Lipinski definition) is 0. The van der Waals surface area contributed by atoms with Gasteiger partial charge >= 0.3 is 0 Å². The van der Waals surface area contributed by atoms with Crippen molar-refractivity contribution in [2.45, 2.75) is 26.4 Å². The second kappa shape index (κ2) is 9.11. The summed E-state index contributed by atoms with van der Waals surface area (Å²) in [6.45, 7) is 8.18. The zero-order valence-electron chi connectivity index (χ0n) is 20.7. The maximum atomic E-state index is 13.5. The molecule has 10 heteroatoms. The first-order chi connectivity index (χ1) is 17.5. The van der Waals surface area contributed by atoms with E-state index in [-0.39, 0.29) is 24.7 Å². The molecule has 1 saturated heterocycles. The van der Waals surface area contributed by atoms with Crippen molar-refractivity contribution in [3.8, 4) is 11.5 Å². The van der Waals surface area contributed by atoms with Crippen LogP contribution in [0.5, 0.6) is 11.5 Å². The fourth-order valence-corrected chi connectivity index (χ4v) is 5.34. The molecule has 0 bridgehead atoms. The Balaban J connectivity index is 1.37. The van der Waals surface area contributed by atoms with Crippen molar-refractivity contribution in [2.75, 3.05) is 40.0 Å². The van der Waals surface area contributed by atoms with E-state index in [2.05, 4.69) is 62.5 Å². The van der Waals surface area contributed by atoms with Gasteiger partial charge in [-0.15, -0.1) is 5.10 Å². The van der Waals surface area contributed by atoms with Crippen molar-refractivity contribution in [3.63, 3.8) is 0 Å². The Morgan fingerprint density at radius 3 is 2.72 bits per heavy atom. The molecule has 4 heterocycles. The van der Waals surface area contributed by atoms with Crippen LogP contribution in [0, 0.1) is 5.92 Å². The molecule has 0 saturated carbocycles. The summed E-state index contributed by atoms with van der Waals surface area (Å²) in [5.74, 6) is 1.84. The number of amides is 1. The molecule has 10 nitrogen and oxygen atoms in total. The number of tetrazole rings is 1. The van der Waals surface area contributed by atoms with Gasteiger partial charge in [-0.3, -0.25) is 9.69 Å². The van der Waals surface area contributed by atoms with Crippen LogP contribution in [0.4, 0.5) is 0 Å². The molecule has 1 unspecified atom stereocenters.